The maximum Gasteiger partial charge on any atom is 0.314 e. The highest BCUT2D eigenvalue weighted by Crippen LogP contribution is 2.33. The SMILES string of the molecule is CCNC(=O)[C@H]1O[C@@H](n2cnc3c(NCC(c4ccccc4)c4ccccc4)nc(C(=O)NCCNC(=O)NCCN4CCc5ccccc5C4)nc32)[C@H](O)[C@@H]1O. The molecule has 298 valence electrons. The van der Waals surface area contributed by atoms with Crippen molar-refractivity contribution in [2.75, 3.05) is 51.1 Å². The molecule has 4 atom stereocenters. The molecular weight excluding hydrogens is 729 g/mol. The smallest absolute Gasteiger partial charge is 0.314 e. The molecule has 16 heteroatoms. The molecule has 0 aliphatic carbocycles. The predicted molar refractivity (Wildman–Crippen MR) is 212 cm³/mol. The Balaban J connectivity index is 1.04. The predicted octanol–water partition coefficient (Wildman–Crippen LogP) is 1.91. The van der Waals surface area contributed by atoms with Crippen molar-refractivity contribution in [2.45, 2.75) is 50.3 Å². The first-order valence-electron chi connectivity index (χ1n) is 19.3. The summed E-state index contributed by atoms with van der Waals surface area (Å²) in [4.78, 5) is 54.7. The molecule has 2 aliphatic heterocycles. The van der Waals surface area contributed by atoms with E-state index < -0.39 is 36.4 Å². The second-order valence-corrected chi connectivity index (χ2v) is 14.0. The first-order valence-corrected chi connectivity index (χ1v) is 19.3. The number of fused-ring (bicyclic) bond motifs is 2. The van der Waals surface area contributed by atoms with Crippen LogP contribution in [0.1, 0.15) is 51.9 Å². The van der Waals surface area contributed by atoms with E-state index in [0.717, 1.165) is 37.2 Å². The number of nitrogens with zero attached hydrogens (tertiary/aromatic N) is 5. The molecule has 1 saturated heterocycles. The number of carbonyl (C=O) groups excluding carboxylic acids is 3. The number of ether oxygens (including phenoxy) is 1. The van der Waals surface area contributed by atoms with Crippen LogP contribution in [-0.2, 0) is 22.5 Å². The zero-order valence-corrected chi connectivity index (χ0v) is 31.7. The molecular formula is C41H48N10O6. The highest BCUT2D eigenvalue weighted by molar-refractivity contribution is 5.94. The van der Waals surface area contributed by atoms with E-state index in [1.807, 2.05) is 66.7 Å². The van der Waals surface area contributed by atoms with Gasteiger partial charge < -0.3 is 41.5 Å². The Hall–Kier alpha value is -5.94. The van der Waals surface area contributed by atoms with Crippen LogP contribution in [-0.4, -0.2) is 117 Å². The van der Waals surface area contributed by atoms with E-state index in [1.54, 1.807) is 6.92 Å². The van der Waals surface area contributed by atoms with E-state index in [-0.39, 0.29) is 47.8 Å². The van der Waals surface area contributed by atoms with Crippen LogP contribution < -0.4 is 26.6 Å². The number of hydrogen-bond acceptors (Lipinski definition) is 11. The number of imidazole rings is 1. The minimum absolute atomic E-state index is 0.0908. The van der Waals surface area contributed by atoms with Crippen molar-refractivity contribution in [1.29, 1.82) is 0 Å². The summed E-state index contributed by atoms with van der Waals surface area (Å²) in [5.74, 6) is -1.24. The fourth-order valence-electron chi connectivity index (χ4n) is 7.27. The molecule has 0 spiro atoms. The molecule has 0 saturated carbocycles. The minimum atomic E-state index is -1.52. The highest BCUT2D eigenvalue weighted by Gasteiger charge is 2.47. The van der Waals surface area contributed by atoms with Gasteiger partial charge in [0.2, 0.25) is 5.82 Å². The van der Waals surface area contributed by atoms with Gasteiger partial charge in [0.15, 0.2) is 29.3 Å². The summed E-state index contributed by atoms with van der Waals surface area (Å²) in [5, 5.41) is 36.2. The molecule has 7 rings (SSSR count). The van der Waals surface area contributed by atoms with Crippen LogP contribution in [0.4, 0.5) is 10.6 Å². The summed E-state index contributed by atoms with van der Waals surface area (Å²) < 4.78 is 7.25. The number of anilines is 1. The largest absolute Gasteiger partial charge is 0.387 e. The Labute approximate surface area is 330 Å². The summed E-state index contributed by atoms with van der Waals surface area (Å²) in [5.41, 5.74) is 5.23. The molecule has 5 aromatic rings. The van der Waals surface area contributed by atoms with Gasteiger partial charge in [-0.1, -0.05) is 84.9 Å². The average Bonchev–Trinajstić information content (AvgIpc) is 3.79. The molecule has 0 unspecified atom stereocenters. The molecule has 0 bridgehead atoms. The molecule has 2 aliphatic rings. The lowest BCUT2D eigenvalue weighted by Gasteiger charge is -2.28. The van der Waals surface area contributed by atoms with Gasteiger partial charge in [-0.25, -0.2) is 19.7 Å². The quantitative estimate of drug-likeness (QED) is 0.0765. The number of amides is 4. The van der Waals surface area contributed by atoms with Crippen molar-refractivity contribution in [1.82, 2.24) is 45.7 Å². The zero-order valence-electron chi connectivity index (χ0n) is 31.7. The number of rotatable bonds is 15. The molecule has 1 fully saturated rings. The van der Waals surface area contributed by atoms with Crippen LogP contribution in [0.25, 0.3) is 11.2 Å². The van der Waals surface area contributed by atoms with Gasteiger partial charge in [-0.3, -0.25) is 19.1 Å². The normalized spacial score (nSPS) is 19.2. The van der Waals surface area contributed by atoms with Crippen LogP contribution in [0.15, 0.2) is 91.3 Å². The van der Waals surface area contributed by atoms with Gasteiger partial charge in [0.25, 0.3) is 11.8 Å². The maximum atomic E-state index is 13.6. The molecule has 16 nitrogen and oxygen atoms in total. The minimum Gasteiger partial charge on any atom is -0.387 e. The van der Waals surface area contributed by atoms with Crippen LogP contribution >= 0.6 is 0 Å². The third-order valence-electron chi connectivity index (χ3n) is 10.2. The third-order valence-corrected chi connectivity index (χ3v) is 10.2. The summed E-state index contributed by atoms with van der Waals surface area (Å²) in [6.07, 6.45) is -3.26. The Kier molecular flexibility index (Phi) is 12.6. The van der Waals surface area contributed by atoms with Crippen LogP contribution in [0, 0.1) is 0 Å². The lowest BCUT2D eigenvalue weighted by atomic mass is 9.91. The second kappa shape index (κ2) is 18.3. The van der Waals surface area contributed by atoms with E-state index in [0.29, 0.717) is 19.6 Å². The Bertz CT molecular complexity index is 2110. The fourth-order valence-corrected chi connectivity index (χ4v) is 7.27. The zero-order chi connectivity index (χ0) is 39.7. The highest BCUT2D eigenvalue weighted by atomic mass is 16.6. The van der Waals surface area contributed by atoms with Crippen molar-refractivity contribution >= 4 is 34.8 Å². The Morgan fingerprint density at radius 2 is 1.49 bits per heavy atom. The van der Waals surface area contributed by atoms with Crippen LogP contribution in [0.2, 0.25) is 0 Å². The number of hydrogen-bond donors (Lipinski definition) is 7. The van der Waals surface area contributed by atoms with Gasteiger partial charge >= 0.3 is 6.03 Å². The van der Waals surface area contributed by atoms with Gasteiger partial charge in [-0.2, -0.15) is 0 Å². The van der Waals surface area contributed by atoms with E-state index in [4.69, 9.17) is 4.74 Å². The van der Waals surface area contributed by atoms with Gasteiger partial charge in [0.1, 0.15) is 12.2 Å². The van der Waals surface area contributed by atoms with Gasteiger partial charge in [-0.15, -0.1) is 0 Å². The second-order valence-electron chi connectivity index (χ2n) is 14.0. The van der Waals surface area contributed by atoms with Crippen molar-refractivity contribution in [3.8, 4) is 0 Å². The molecule has 7 N–H and O–H groups in total. The molecule has 4 heterocycles. The van der Waals surface area contributed by atoms with Gasteiger partial charge in [0, 0.05) is 58.3 Å². The van der Waals surface area contributed by atoms with Gasteiger partial charge in [0.05, 0.1) is 6.33 Å². The fraction of sp³-hybridized carbons (Fsp3) is 0.366. The standard InChI is InChI=1S/C41H48N10O6/c1-2-42-38(54)34-32(52)33(53)40(57-34)51-25-47-31-35(46-23-30(27-12-5-3-6-13-27)28-14-7-4-8-15-28)48-36(49-37(31)51)39(55)43-18-19-44-41(56)45-20-22-50-21-17-26-11-9-10-16-29(26)24-50/h3-16,25,30,32-34,40,52-53H,2,17-24H2,1H3,(H,42,54)(H,43,55)(H2,44,45,56)(H,46,48,49)/t32-,33+,34-,40+/m0/s1. The molecule has 4 amide bonds. The first kappa shape index (κ1) is 39.3. The van der Waals surface area contributed by atoms with E-state index in [9.17, 15) is 24.6 Å². The summed E-state index contributed by atoms with van der Waals surface area (Å²) in [6.45, 7) is 5.64. The van der Waals surface area contributed by atoms with Crippen molar-refractivity contribution in [2.24, 2.45) is 0 Å². The number of likely N-dealkylation sites (N-methyl/N-ethyl adjacent to an activating group) is 1. The lowest BCUT2D eigenvalue weighted by Crippen LogP contribution is -2.43. The summed E-state index contributed by atoms with van der Waals surface area (Å²) >= 11 is 0. The topological polar surface area (TPSA) is 208 Å². The summed E-state index contributed by atoms with van der Waals surface area (Å²) in [6, 6.07) is 28.0. The van der Waals surface area contributed by atoms with E-state index in [2.05, 4.69) is 64.6 Å². The number of benzene rings is 3. The lowest BCUT2D eigenvalue weighted by molar-refractivity contribution is -0.137. The number of aliphatic hydroxyl groups is 2. The molecule has 57 heavy (non-hydrogen) atoms. The molecule has 0 radical (unpaired) electrons. The van der Waals surface area contributed by atoms with Crippen LogP contribution in [0.5, 0.6) is 0 Å². The third kappa shape index (κ3) is 9.21. The monoisotopic (exact) mass is 776 g/mol. The van der Waals surface area contributed by atoms with Crippen molar-refractivity contribution in [3.63, 3.8) is 0 Å². The number of aliphatic hydroxyl groups excluding tert-OH is 2. The van der Waals surface area contributed by atoms with Crippen LogP contribution in [0.3, 0.4) is 0 Å². The van der Waals surface area contributed by atoms with E-state index >= 15 is 0 Å². The Morgan fingerprint density at radius 3 is 2.21 bits per heavy atom. The summed E-state index contributed by atoms with van der Waals surface area (Å²) in [7, 11) is 0. The number of aromatic nitrogens is 4. The number of carbonyl (C=O) groups is 3. The first-order chi connectivity index (χ1) is 27.8. The molecule has 2 aromatic heterocycles. The van der Waals surface area contributed by atoms with Crippen molar-refractivity contribution < 1.29 is 29.3 Å². The van der Waals surface area contributed by atoms with Gasteiger partial charge in [-0.05, 0) is 35.6 Å². The maximum absolute atomic E-state index is 13.6. The van der Waals surface area contributed by atoms with Crippen molar-refractivity contribution in [3.05, 3.63) is 119 Å². The number of urea groups is 1. The average molecular weight is 777 g/mol. The molecule has 3 aromatic carbocycles. The van der Waals surface area contributed by atoms with E-state index in [1.165, 1.54) is 22.0 Å². The number of nitrogens with one attached hydrogen (secondary N) is 5. The Morgan fingerprint density at radius 1 is 0.825 bits per heavy atom.